The summed E-state index contributed by atoms with van der Waals surface area (Å²) in [6.07, 6.45) is 0.890. The van der Waals surface area contributed by atoms with E-state index in [-0.39, 0.29) is 17.8 Å². The van der Waals surface area contributed by atoms with Crippen LogP contribution in [0, 0.1) is 20.2 Å². The van der Waals surface area contributed by atoms with Gasteiger partial charge in [-0.2, -0.15) is 0 Å². The molecule has 0 aromatic rings. The van der Waals surface area contributed by atoms with Crippen LogP contribution >= 0.6 is 0 Å². The lowest BCUT2D eigenvalue weighted by Crippen LogP contribution is -2.35. The van der Waals surface area contributed by atoms with E-state index in [0.717, 1.165) is 0 Å². The molecule has 0 saturated heterocycles. The first-order valence-corrected chi connectivity index (χ1v) is 4.61. The summed E-state index contributed by atoms with van der Waals surface area (Å²) in [6, 6.07) is -0.708. The fourth-order valence-electron chi connectivity index (χ4n) is 1.02. The monoisotopic (exact) mass is 204 g/mol. The summed E-state index contributed by atoms with van der Waals surface area (Å²) in [6.45, 7) is 4.72. The molecule has 0 aliphatic heterocycles. The third-order valence-corrected chi connectivity index (χ3v) is 2.66. The van der Waals surface area contributed by atoms with E-state index in [1.54, 1.807) is 6.92 Å². The molecule has 6 heteroatoms. The molecule has 0 N–H and O–H groups in total. The van der Waals surface area contributed by atoms with Crippen molar-refractivity contribution < 1.29 is 9.85 Å². The number of nitrogens with zero attached hydrogens (tertiary/aromatic N) is 2. The maximum atomic E-state index is 10.7. The van der Waals surface area contributed by atoms with Gasteiger partial charge in [-0.05, 0) is 0 Å². The standard InChI is InChI=1S/C8H16N2O4/c1-4-8(3,10(13)14)6-5-7(2)9(11)12/h7H,4-6H2,1-3H3. The molecular weight excluding hydrogens is 188 g/mol. The van der Waals surface area contributed by atoms with Crippen LogP contribution in [0.3, 0.4) is 0 Å². The lowest BCUT2D eigenvalue weighted by atomic mass is 9.92. The van der Waals surface area contributed by atoms with Gasteiger partial charge in [0, 0.05) is 43.0 Å². The van der Waals surface area contributed by atoms with Crippen molar-refractivity contribution in [3.05, 3.63) is 20.2 Å². The summed E-state index contributed by atoms with van der Waals surface area (Å²) in [5.41, 5.74) is -1.02. The number of hydrogen-bond donors (Lipinski definition) is 0. The number of nitro groups is 2. The highest BCUT2D eigenvalue weighted by molar-refractivity contribution is 4.72. The molecule has 14 heavy (non-hydrogen) atoms. The Morgan fingerprint density at radius 1 is 1.36 bits per heavy atom. The van der Waals surface area contributed by atoms with Crippen LogP contribution in [0.25, 0.3) is 0 Å². The van der Waals surface area contributed by atoms with E-state index in [9.17, 15) is 20.2 Å². The number of hydrogen-bond acceptors (Lipinski definition) is 4. The predicted molar refractivity (Wildman–Crippen MR) is 51.4 cm³/mol. The topological polar surface area (TPSA) is 86.3 Å². The molecule has 82 valence electrons. The highest BCUT2D eigenvalue weighted by Gasteiger charge is 2.36. The van der Waals surface area contributed by atoms with Crippen LogP contribution in [0.4, 0.5) is 0 Å². The summed E-state index contributed by atoms with van der Waals surface area (Å²) in [7, 11) is 0. The van der Waals surface area contributed by atoms with Gasteiger partial charge in [-0.3, -0.25) is 20.2 Å². The van der Waals surface area contributed by atoms with Crippen molar-refractivity contribution >= 4 is 0 Å². The van der Waals surface area contributed by atoms with Crippen LogP contribution in [-0.4, -0.2) is 21.4 Å². The molecule has 2 unspecified atom stereocenters. The summed E-state index contributed by atoms with van der Waals surface area (Å²) in [5, 5.41) is 21.0. The van der Waals surface area contributed by atoms with Gasteiger partial charge in [-0.1, -0.05) is 6.92 Å². The third-order valence-electron chi connectivity index (χ3n) is 2.66. The van der Waals surface area contributed by atoms with Crippen molar-refractivity contribution in [3.8, 4) is 0 Å². The quantitative estimate of drug-likeness (QED) is 0.488. The second-order valence-corrected chi connectivity index (χ2v) is 3.78. The first kappa shape index (κ1) is 12.8. The molecule has 0 aromatic carbocycles. The van der Waals surface area contributed by atoms with E-state index in [4.69, 9.17) is 0 Å². The Balaban J connectivity index is 4.21. The molecule has 0 heterocycles. The van der Waals surface area contributed by atoms with E-state index >= 15 is 0 Å². The zero-order valence-corrected chi connectivity index (χ0v) is 8.73. The Morgan fingerprint density at radius 2 is 1.86 bits per heavy atom. The Bertz CT molecular complexity index is 231. The summed E-state index contributed by atoms with van der Waals surface area (Å²) in [4.78, 5) is 20.2. The van der Waals surface area contributed by atoms with E-state index in [0.29, 0.717) is 6.42 Å². The van der Waals surface area contributed by atoms with Gasteiger partial charge in [-0.15, -0.1) is 0 Å². The van der Waals surface area contributed by atoms with E-state index in [1.165, 1.54) is 13.8 Å². The van der Waals surface area contributed by atoms with Crippen molar-refractivity contribution in [2.24, 2.45) is 0 Å². The molecule has 0 aromatic heterocycles. The van der Waals surface area contributed by atoms with E-state index in [2.05, 4.69) is 0 Å². The van der Waals surface area contributed by atoms with Gasteiger partial charge in [0.05, 0.1) is 0 Å². The molecular formula is C8H16N2O4. The zero-order chi connectivity index (χ0) is 11.4. The fraction of sp³-hybridized carbons (Fsp3) is 1.00. The first-order valence-electron chi connectivity index (χ1n) is 4.61. The SMILES string of the molecule is CCC(C)(CCC(C)[N+](=O)[O-])[N+](=O)[O-]. The largest absolute Gasteiger partial charge is 0.264 e. The first-order chi connectivity index (χ1) is 6.33. The molecule has 0 rings (SSSR count). The summed E-state index contributed by atoms with van der Waals surface area (Å²) < 4.78 is 0. The lowest BCUT2D eigenvalue weighted by Gasteiger charge is -2.18. The van der Waals surface area contributed by atoms with Crippen molar-refractivity contribution in [1.82, 2.24) is 0 Å². The van der Waals surface area contributed by atoms with Crippen molar-refractivity contribution in [2.45, 2.75) is 51.6 Å². The van der Waals surface area contributed by atoms with Gasteiger partial charge in [0.15, 0.2) is 0 Å². The molecule has 0 fully saturated rings. The van der Waals surface area contributed by atoms with E-state index in [1.807, 2.05) is 0 Å². The van der Waals surface area contributed by atoms with Gasteiger partial charge < -0.3 is 0 Å². The van der Waals surface area contributed by atoms with Gasteiger partial charge in [-0.25, -0.2) is 0 Å². The molecule has 0 spiro atoms. The Kier molecular flexibility index (Phi) is 4.46. The van der Waals surface area contributed by atoms with Crippen LogP contribution in [0.2, 0.25) is 0 Å². The summed E-state index contributed by atoms with van der Waals surface area (Å²) >= 11 is 0. The highest BCUT2D eigenvalue weighted by atomic mass is 16.6. The van der Waals surface area contributed by atoms with Gasteiger partial charge in [0.25, 0.3) is 0 Å². The molecule has 0 bridgehead atoms. The number of rotatable bonds is 6. The van der Waals surface area contributed by atoms with Gasteiger partial charge in [0.1, 0.15) is 0 Å². The van der Waals surface area contributed by atoms with Crippen molar-refractivity contribution in [3.63, 3.8) is 0 Å². The maximum Gasteiger partial charge on any atom is 0.219 e. The zero-order valence-electron chi connectivity index (χ0n) is 8.73. The molecule has 0 aliphatic rings. The van der Waals surface area contributed by atoms with Crippen LogP contribution in [-0.2, 0) is 0 Å². The van der Waals surface area contributed by atoms with Crippen LogP contribution < -0.4 is 0 Å². The summed E-state index contributed by atoms with van der Waals surface area (Å²) in [5.74, 6) is 0. The minimum Gasteiger partial charge on any atom is -0.264 e. The smallest absolute Gasteiger partial charge is 0.219 e. The average molecular weight is 204 g/mol. The van der Waals surface area contributed by atoms with Crippen LogP contribution in [0.5, 0.6) is 0 Å². The van der Waals surface area contributed by atoms with Crippen molar-refractivity contribution in [2.75, 3.05) is 0 Å². The second kappa shape index (κ2) is 4.88. The predicted octanol–water partition coefficient (Wildman–Crippen LogP) is 1.88. The molecule has 6 nitrogen and oxygen atoms in total. The van der Waals surface area contributed by atoms with Gasteiger partial charge >= 0.3 is 0 Å². The Morgan fingerprint density at radius 3 is 2.14 bits per heavy atom. The second-order valence-electron chi connectivity index (χ2n) is 3.78. The Hall–Kier alpha value is -1.20. The molecule has 0 aliphatic carbocycles. The normalized spacial score (nSPS) is 17.1. The fourth-order valence-corrected chi connectivity index (χ4v) is 1.02. The van der Waals surface area contributed by atoms with E-state index < -0.39 is 16.5 Å². The molecule has 0 radical (unpaired) electrons. The molecule has 0 saturated carbocycles. The van der Waals surface area contributed by atoms with Crippen molar-refractivity contribution in [1.29, 1.82) is 0 Å². The Labute approximate surface area is 82.6 Å². The molecule has 0 amide bonds. The highest BCUT2D eigenvalue weighted by Crippen LogP contribution is 2.21. The minimum atomic E-state index is -1.02. The molecule has 2 atom stereocenters. The maximum absolute atomic E-state index is 10.7. The lowest BCUT2D eigenvalue weighted by molar-refractivity contribution is -0.571. The third kappa shape index (κ3) is 3.27. The van der Waals surface area contributed by atoms with Crippen LogP contribution in [0.1, 0.15) is 40.0 Å². The average Bonchev–Trinajstić information content (AvgIpc) is 2.12. The van der Waals surface area contributed by atoms with Gasteiger partial charge in [0.2, 0.25) is 11.6 Å². The van der Waals surface area contributed by atoms with Crippen LogP contribution in [0.15, 0.2) is 0 Å². The minimum absolute atomic E-state index is 0.248.